The Hall–Kier alpha value is -2.53. The number of nitrogens with one attached hydrogen (secondary N) is 1. The number of nitrogens with zero attached hydrogens (tertiary/aromatic N) is 1. The van der Waals surface area contributed by atoms with Gasteiger partial charge >= 0.3 is 0 Å². The molecule has 0 heterocycles. The van der Waals surface area contributed by atoms with E-state index in [1.807, 2.05) is 43.3 Å². The highest BCUT2D eigenvalue weighted by atomic mass is 35.5. The Morgan fingerprint density at radius 2 is 1.64 bits per heavy atom. The van der Waals surface area contributed by atoms with Crippen LogP contribution in [0, 0.1) is 0 Å². The summed E-state index contributed by atoms with van der Waals surface area (Å²) in [7, 11) is 0. The highest BCUT2D eigenvalue weighted by Crippen LogP contribution is 2.20. The Kier molecular flexibility index (Phi) is 9.61. The summed E-state index contributed by atoms with van der Waals surface area (Å²) in [6, 6.07) is 14.8. The van der Waals surface area contributed by atoms with Gasteiger partial charge in [-0.15, -0.1) is 0 Å². The minimum atomic E-state index is -0.554. The molecule has 5 nitrogen and oxygen atoms in total. The Morgan fingerprint density at radius 1 is 1.00 bits per heavy atom. The molecular weight excluding hydrogens is 436 g/mol. The average molecular weight is 471 g/mol. The van der Waals surface area contributed by atoms with E-state index < -0.39 is 6.04 Å². The SMILES string of the molecule is CCc1ccc(OCC(=O)N(Cc2ccc(Cl)cc2)[C@@H](CC)C(=O)NC2CCCCC2)cc1. The molecule has 0 spiro atoms. The minimum absolute atomic E-state index is 0.0842. The first-order valence-electron chi connectivity index (χ1n) is 12.1. The number of halogens is 1. The minimum Gasteiger partial charge on any atom is -0.484 e. The topological polar surface area (TPSA) is 58.6 Å². The normalized spacial score (nSPS) is 15.0. The number of hydrogen-bond acceptors (Lipinski definition) is 3. The molecule has 6 heteroatoms. The zero-order chi connectivity index (χ0) is 23.6. The van der Waals surface area contributed by atoms with Gasteiger partial charge in [0.15, 0.2) is 6.61 Å². The molecule has 1 fully saturated rings. The lowest BCUT2D eigenvalue weighted by atomic mass is 9.95. The van der Waals surface area contributed by atoms with Gasteiger partial charge in [0, 0.05) is 17.6 Å². The van der Waals surface area contributed by atoms with Gasteiger partial charge in [0.2, 0.25) is 5.91 Å². The quantitative estimate of drug-likeness (QED) is 0.496. The molecule has 1 aliphatic rings. The van der Waals surface area contributed by atoms with Crippen molar-refractivity contribution in [2.45, 2.75) is 77.4 Å². The van der Waals surface area contributed by atoms with Crippen LogP contribution in [-0.4, -0.2) is 35.4 Å². The average Bonchev–Trinajstić information content (AvgIpc) is 2.84. The van der Waals surface area contributed by atoms with Crippen molar-refractivity contribution in [3.05, 3.63) is 64.7 Å². The molecule has 0 aliphatic heterocycles. The van der Waals surface area contributed by atoms with Gasteiger partial charge in [-0.05, 0) is 61.1 Å². The van der Waals surface area contributed by atoms with E-state index in [0.29, 0.717) is 23.7 Å². The molecule has 0 bridgehead atoms. The lowest BCUT2D eigenvalue weighted by Crippen LogP contribution is -2.52. The van der Waals surface area contributed by atoms with E-state index in [2.05, 4.69) is 12.2 Å². The standard InChI is InChI=1S/C27H35ClN2O3/c1-3-20-12-16-24(17-13-20)33-19-26(31)30(18-21-10-14-22(28)15-11-21)25(4-2)27(32)29-23-8-6-5-7-9-23/h10-17,23,25H,3-9,18-19H2,1-2H3,(H,29,32)/t25-/m0/s1. The Labute approximate surface area is 202 Å². The van der Waals surface area contributed by atoms with E-state index in [9.17, 15) is 9.59 Å². The van der Waals surface area contributed by atoms with Gasteiger partial charge in [-0.1, -0.05) is 69.0 Å². The van der Waals surface area contributed by atoms with E-state index in [-0.39, 0.29) is 24.5 Å². The van der Waals surface area contributed by atoms with Crippen LogP contribution < -0.4 is 10.1 Å². The number of ether oxygens (including phenoxy) is 1. The van der Waals surface area contributed by atoms with Crippen LogP contribution >= 0.6 is 11.6 Å². The van der Waals surface area contributed by atoms with Crippen molar-refractivity contribution in [2.75, 3.05) is 6.61 Å². The number of benzene rings is 2. The van der Waals surface area contributed by atoms with E-state index in [1.165, 1.54) is 12.0 Å². The second-order valence-corrected chi connectivity index (χ2v) is 9.14. The fourth-order valence-electron chi connectivity index (χ4n) is 4.30. The van der Waals surface area contributed by atoms with Gasteiger partial charge in [-0.25, -0.2) is 0 Å². The first kappa shape index (κ1) is 25.1. The van der Waals surface area contributed by atoms with Crippen molar-refractivity contribution < 1.29 is 14.3 Å². The van der Waals surface area contributed by atoms with Gasteiger partial charge in [0.05, 0.1) is 0 Å². The summed E-state index contributed by atoms with van der Waals surface area (Å²) < 4.78 is 5.79. The smallest absolute Gasteiger partial charge is 0.261 e. The Bertz CT molecular complexity index is 893. The summed E-state index contributed by atoms with van der Waals surface area (Å²) in [5.41, 5.74) is 2.13. The molecule has 0 radical (unpaired) electrons. The summed E-state index contributed by atoms with van der Waals surface area (Å²) in [6.07, 6.45) is 6.99. The van der Waals surface area contributed by atoms with E-state index in [0.717, 1.165) is 37.7 Å². The van der Waals surface area contributed by atoms with Crippen molar-refractivity contribution in [2.24, 2.45) is 0 Å². The van der Waals surface area contributed by atoms with Gasteiger partial charge < -0.3 is 15.0 Å². The molecule has 3 rings (SSSR count). The van der Waals surface area contributed by atoms with Crippen LogP contribution in [0.3, 0.4) is 0 Å². The van der Waals surface area contributed by atoms with Crippen LogP contribution in [0.1, 0.15) is 63.5 Å². The lowest BCUT2D eigenvalue weighted by molar-refractivity contribution is -0.143. The number of aryl methyl sites for hydroxylation is 1. The largest absolute Gasteiger partial charge is 0.484 e. The molecule has 2 aromatic rings. The summed E-state index contributed by atoms with van der Waals surface area (Å²) in [5, 5.41) is 3.83. The number of rotatable bonds is 10. The van der Waals surface area contributed by atoms with E-state index in [1.54, 1.807) is 17.0 Å². The molecule has 0 unspecified atom stereocenters. The van der Waals surface area contributed by atoms with Crippen LogP contribution in [0.4, 0.5) is 0 Å². The predicted molar refractivity (Wildman–Crippen MR) is 132 cm³/mol. The first-order valence-corrected chi connectivity index (χ1v) is 12.4. The predicted octanol–water partition coefficient (Wildman–Crippen LogP) is 5.54. The second-order valence-electron chi connectivity index (χ2n) is 8.70. The third-order valence-electron chi connectivity index (χ3n) is 6.30. The van der Waals surface area contributed by atoms with Crippen molar-refractivity contribution in [3.8, 4) is 5.75 Å². The molecule has 0 saturated heterocycles. The maximum Gasteiger partial charge on any atom is 0.261 e. The first-order chi connectivity index (χ1) is 16.0. The summed E-state index contributed by atoms with van der Waals surface area (Å²) >= 11 is 6.03. The highest BCUT2D eigenvalue weighted by Gasteiger charge is 2.30. The molecule has 1 saturated carbocycles. The van der Waals surface area contributed by atoms with Crippen molar-refractivity contribution in [3.63, 3.8) is 0 Å². The van der Waals surface area contributed by atoms with Crippen molar-refractivity contribution in [1.82, 2.24) is 10.2 Å². The second kappa shape index (κ2) is 12.6. The molecule has 1 aliphatic carbocycles. The summed E-state index contributed by atoms with van der Waals surface area (Å²) in [6.45, 7) is 4.24. The Balaban J connectivity index is 1.73. The molecular formula is C27H35ClN2O3. The van der Waals surface area contributed by atoms with Gasteiger partial charge in [-0.3, -0.25) is 9.59 Å². The summed E-state index contributed by atoms with van der Waals surface area (Å²) in [5.74, 6) is 0.348. The zero-order valence-corrected chi connectivity index (χ0v) is 20.4. The van der Waals surface area contributed by atoms with Crippen LogP contribution in [0.25, 0.3) is 0 Å². The van der Waals surface area contributed by atoms with Crippen LogP contribution in [0.5, 0.6) is 5.75 Å². The van der Waals surface area contributed by atoms with Crippen molar-refractivity contribution >= 4 is 23.4 Å². The van der Waals surface area contributed by atoms with E-state index >= 15 is 0 Å². The number of hydrogen-bond donors (Lipinski definition) is 1. The van der Waals surface area contributed by atoms with Gasteiger partial charge in [0.25, 0.3) is 5.91 Å². The van der Waals surface area contributed by atoms with Crippen molar-refractivity contribution in [1.29, 1.82) is 0 Å². The van der Waals surface area contributed by atoms with Gasteiger partial charge in [0.1, 0.15) is 11.8 Å². The third-order valence-corrected chi connectivity index (χ3v) is 6.55. The fourth-order valence-corrected chi connectivity index (χ4v) is 4.43. The Morgan fingerprint density at radius 3 is 2.24 bits per heavy atom. The maximum atomic E-state index is 13.3. The van der Waals surface area contributed by atoms with Gasteiger partial charge in [-0.2, -0.15) is 0 Å². The molecule has 2 aromatic carbocycles. The van der Waals surface area contributed by atoms with E-state index in [4.69, 9.17) is 16.3 Å². The van der Waals surface area contributed by atoms with Crippen LogP contribution in [-0.2, 0) is 22.6 Å². The molecule has 2 amide bonds. The van der Waals surface area contributed by atoms with Crippen LogP contribution in [0.15, 0.2) is 48.5 Å². The highest BCUT2D eigenvalue weighted by molar-refractivity contribution is 6.30. The molecule has 1 atom stereocenters. The monoisotopic (exact) mass is 470 g/mol. The number of amides is 2. The lowest BCUT2D eigenvalue weighted by Gasteiger charge is -2.32. The number of carbonyl (C=O) groups is 2. The molecule has 178 valence electrons. The molecule has 33 heavy (non-hydrogen) atoms. The molecule has 0 aromatic heterocycles. The third kappa shape index (κ3) is 7.50. The molecule has 1 N–H and O–H groups in total. The summed E-state index contributed by atoms with van der Waals surface area (Å²) in [4.78, 5) is 28.2. The van der Waals surface area contributed by atoms with Crippen LogP contribution in [0.2, 0.25) is 5.02 Å². The maximum absolute atomic E-state index is 13.3. The number of carbonyl (C=O) groups excluding carboxylic acids is 2. The fraction of sp³-hybridized carbons (Fsp3) is 0.481. The zero-order valence-electron chi connectivity index (χ0n) is 19.7.